The highest BCUT2D eigenvalue weighted by Crippen LogP contribution is 2.39. The predicted molar refractivity (Wildman–Crippen MR) is 108 cm³/mol. The molecule has 12 heteroatoms. The summed E-state index contributed by atoms with van der Waals surface area (Å²) in [6, 6.07) is 9.71. The van der Waals surface area contributed by atoms with Crippen LogP contribution < -0.4 is 0 Å². The Morgan fingerprint density at radius 2 is 1.87 bits per heavy atom. The van der Waals surface area contributed by atoms with E-state index in [0.717, 1.165) is 6.07 Å². The number of nitrogens with zero attached hydrogens (tertiary/aromatic N) is 4. The minimum Gasteiger partial charge on any atom is -0.261 e. The maximum atomic E-state index is 13.6. The van der Waals surface area contributed by atoms with Gasteiger partial charge >= 0.3 is 6.55 Å². The normalized spacial score (nSPS) is 12.2. The lowest BCUT2D eigenvalue weighted by molar-refractivity contribution is -0.388. The molecule has 0 spiro atoms. The molecule has 0 fully saturated rings. The van der Waals surface area contributed by atoms with Gasteiger partial charge in [0.15, 0.2) is 5.16 Å². The molecule has 0 unspecified atom stereocenters. The van der Waals surface area contributed by atoms with E-state index in [9.17, 15) is 27.3 Å². The van der Waals surface area contributed by atoms with Crippen molar-refractivity contribution in [3.63, 3.8) is 0 Å². The predicted octanol–water partition coefficient (Wildman–Crippen LogP) is 4.52. The van der Waals surface area contributed by atoms with Crippen molar-refractivity contribution in [2.45, 2.75) is 35.3 Å². The van der Waals surface area contributed by atoms with Crippen LogP contribution in [0.25, 0.3) is 11.0 Å². The number of benzene rings is 2. The second-order valence-corrected chi connectivity index (χ2v) is 9.06. The number of halogens is 2. The van der Waals surface area contributed by atoms with Gasteiger partial charge in [0.1, 0.15) is 0 Å². The zero-order valence-corrected chi connectivity index (χ0v) is 17.7. The molecule has 8 nitrogen and oxygen atoms in total. The van der Waals surface area contributed by atoms with Crippen LogP contribution in [0.1, 0.15) is 20.4 Å². The number of hydrogen-bond donors (Lipinski definition) is 0. The van der Waals surface area contributed by atoms with Crippen LogP contribution in [0.3, 0.4) is 0 Å². The van der Waals surface area contributed by atoms with E-state index in [1.165, 1.54) is 22.5 Å². The quantitative estimate of drug-likeness (QED) is 0.365. The Hall–Kier alpha value is -2.57. The van der Waals surface area contributed by atoms with Gasteiger partial charge in [0.2, 0.25) is 10.0 Å². The molecule has 0 N–H and O–H groups in total. The smallest absolute Gasteiger partial charge is 0.261 e. The zero-order valence-electron chi connectivity index (χ0n) is 16.0. The fraction of sp³-hybridized carbons (Fsp3) is 0.278. The van der Waals surface area contributed by atoms with E-state index in [0.29, 0.717) is 21.8 Å². The van der Waals surface area contributed by atoms with Crippen molar-refractivity contribution in [1.82, 2.24) is 13.9 Å². The molecule has 1 heterocycles. The average molecular weight is 456 g/mol. The number of imidazole rings is 1. The fourth-order valence-corrected chi connectivity index (χ4v) is 5.45. The van der Waals surface area contributed by atoms with Gasteiger partial charge in [-0.1, -0.05) is 26.0 Å². The van der Waals surface area contributed by atoms with Gasteiger partial charge in [0.05, 0.1) is 25.7 Å². The zero-order chi connectivity index (χ0) is 22.1. The van der Waals surface area contributed by atoms with Crippen molar-refractivity contribution in [2.24, 2.45) is 0 Å². The number of nitro benzene ring substituents is 1. The number of fused-ring (bicyclic) bond motifs is 1. The minimum absolute atomic E-state index is 0.00991. The van der Waals surface area contributed by atoms with Crippen molar-refractivity contribution < 1.29 is 22.1 Å². The molecule has 0 radical (unpaired) electrons. The van der Waals surface area contributed by atoms with E-state index in [2.05, 4.69) is 4.98 Å². The molecule has 3 rings (SSSR count). The van der Waals surface area contributed by atoms with E-state index in [4.69, 9.17) is 0 Å². The van der Waals surface area contributed by atoms with Gasteiger partial charge in [0.25, 0.3) is 5.69 Å². The lowest BCUT2D eigenvalue weighted by atomic mass is 10.3. The molecule has 0 aliphatic heterocycles. The first-order valence-corrected chi connectivity index (χ1v) is 11.2. The SMILES string of the molecule is CCN(CC)S(=O)(=O)c1ccc(Sc2nc3ccccc3n2C(F)F)c([N+](=O)[O-])c1. The van der Waals surface area contributed by atoms with Gasteiger partial charge in [0, 0.05) is 19.2 Å². The molecule has 0 aliphatic rings. The van der Waals surface area contributed by atoms with Crippen molar-refractivity contribution >= 4 is 38.5 Å². The average Bonchev–Trinajstić information content (AvgIpc) is 3.06. The number of para-hydroxylation sites is 2. The number of nitro groups is 1. The summed E-state index contributed by atoms with van der Waals surface area (Å²) in [4.78, 5) is 14.8. The van der Waals surface area contributed by atoms with E-state index >= 15 is 0 Å². The first-order valence-electron chi connectivity index (χ1n) is 8.92. The largest absolute Gasteiger partial charge is 0.321 e. The third kappa shape index (κ3) is 4.02. The third-order valence-electron chi connectivity index (χ3n) is 4.43. The standard InChI is InChI=1S/C18H18F2N4O4S2/c1-3-22(4-2)30(27,28)12-9-10-16(15(11-12)24(25)26)29-18-21-13-7-5-6-8-14(13)23(18)17(19)20/h5-11,17H,3-4H2,1-2H3. The van der Waals surface area contributed by atoms with Crippen LogP contribution in [0.5, 0.6) is 0 Å². The van der Waals surface area contributed by atoms with Crippen molar-refractivity contribution in [3.8, 4) is 0 Å². The van der Waals surface area contributed by atoms with Crippen LogP contribution in [0.15, 0.2) is 57.4 Å². The van der Waals surface area contributed by atoms with Gasteiger partial charge in [-0.2, -0.15) is 13.1 Å². The molecule has 0 atom stereocenters. The highest BCUT2D eigenvalue weighted by Gasteiger charge is 2.27. The van der Waals surface area contributed by atoms with Crippen LogP contribution in [0.4, 0.5) is 14.5 Å². The molecule has 30 heavy (non-hydrogen) atoms. The molecular formula is C18H18F2N4O4S2. The highest BCUT2D eigenvalue weighted by atomic mass is 32.2. The molecule has 2 aromatic carbocycles. The highest BCUT2D eigenvalue weighted by molar-refractivity contribution is 7.99. The Balaban J connectivity index is 2.09. The third-order valence-corrected chi connectivity index (χ3v) is 7.51. The lowest BCUT2D eigenvalue weighted by Gasteiger charge is -2.18. The summed E-state index contributed by atoms with van der Waals surface area (Å²) in [6.07, 6.45) is 0. The Bertz CT molecular complexity index is 1190. The molecule has 0 saturated heterocycles. The van der Waals surface area contributed by atoms with Crippen molar-refractivity contribution in [3.05, 3.63) is 52.6 Å². The van der Waals surface area contributed by atoms with E-state index in [1.807, 2.05) is 0 Å². The van der Waals surface area contributed by atoms with E-state index < -0.39 is 27.2 Å². The lowest BCUT2D eigenvalue weighted by Crippen LogP contribution is -2.30. The summed E-state index contributed by atoms with van der Waals surface area (Å²) in [5.74, 6) is 0. The first kappa shape index (κ1) is 22.1. The van der Waals surface area contributed by atoms with Crippen LogP contribution in [0, 0.1) is 10.1 Å². The fourth-order valence-electron chi connectivity index (χ4n) is 2.98. The van der Waals surface area contributed by atoms with Crippen LogP contribution in [-0.2, 0) is 10.0 Å². The molecule has 0 amide bonds. The maximum absolute atomic E-state index is 13.6. The molecule has 1 aromatic heterocycles. The van der Waals surface area contributed by atoms with Crippen molar-refractivity contribution in [1.29, 1.82) is 0 Å². The molecule has 0 aliphatic carbocycles. The number of sulfonamides is 1. The second kappa shape index (κ2) is 8.66. The van der Waals surface area contributed by atoms with Gasteiger partial charge < -0.3 is 0 Å². The number of hydrogen-bond acceptors (Lipinski definition) is 6. The summed E-state index contributed by atoms with van der Waals surface area (Å²) in [7, 11) is -3.91. The van der Waals surface area contributed by atoms with Gasteiger partial charge in [-0.15, -0.1) is 0 Å². The Morgan fingerprint density at radius 1 is 1.20 bits per heavy atom. The Labute approximate surface area is 175 Å². The summed E-state index contributed by atoms with van der Waals surface area (Å²) in [6.45, 7) is 0.841. The van der Waals surface area contributed by atoms with Gasteiger partial charge in [-0.25, -0.2) is 13.4 Å². The second-order valence-electron chi connectivity index (χ2n) is 6.11. The maximum Gasteiger partial charge on any atom is 0.321 e. The van der Waals surface area contributed by atoms with Gasteiger partial charge in [-0.3, -0.25) is 14.7 Å². The first-order chi connectivity index (χ1) is 14.2. The van der Waals surface area contributed by atoms with Crippen LogP contribution in [-0.4, -0.2) is 40.3 Å². The monoisotopic (exact) mass is 456 g/mol. The molecule has 0 saturated carbocycles. The Morgan fingerprint density at radius 3 is 2.47 bits per heavy atom. The van der Waals surface area contributed by atoms with Crippen LogP contribution >= 0.6 is 11.8 Å². The van der Waals surface area contributed by atoms with E-state index in [-0.39, 0.29) is 33.6 Å². The topological polar surface area (TPSA) is 98.3 Å². The number of rotatable bonds is 8. The summed E-state index contributed by atoms with van der Waals surface area (Å²) >= 11 is 0.684. The molecule has 3 aromatic rings. The van der Waals surface area contributed by atoms with Crippen molar-refractivity contribution in [2.75, 3.05) is 13.1 Å². The summed E-state index contributed by atoms with van der Waals surface area (Å²) in [5, 5.41) is 11.5. The Kier molecular flexibility index (Phi) is 6.38. The summed E-state index contributed by atoms with van der Waals surface area (Å²) < 4.78 is 54.5. The van der Waals surface area contributed by atoms with Crippen LogP contribution in [0.2, 0.25) is 0 Å². The molecule has 0 bridgehead atoms. The minimum atomic E-state index is -3.91. The number of alkyl halides is 2. The van der Waals surface area contributed by atoms with Gasteiger partial charge in [-0.05, 0) is 36.0 Å². The molecule has 160 valence electrons. The number of aromatic nitrogens is 2. The molecular weight excluding hydrogens is 438 g/mol. The van der Waals surface area contributed by atoms with E-state index in [1.54, 1.807) is 32.0 Å². The summed E-state index contributed by atoms with van der Waals surface area (Å²) in [5.41, 5.74) is 0.0168.